The number of nitrogens with one attached hydrogen (secondary N) is 1. The van der Waals surface area contributed by atoms with Crippen molar-refractivity contribution in [3.63, 3.8) is 0 Å². The number of halogens is 1. The van der Waals surface area contributed by atoms with E-state index in [4.69, 9.17) is 0 Å². The third kappa shape index (κ3) is 6.73. The van der Waals surface area contributed by atoms with E-state index in [9.17, 15) is 9.59 Å². The average molecular weight is 383 g/mol. The summed E-state index contributed by atoms with van der Waals surface area (Å²) in [6.45, 7) is 8.93. The van der Waals surface area contributed by atoms with Gasteiger partial charge in [-0.1, -0.05) is 48.8 Å². The van der Waals surface area contributed by atoms with Crippen LogP contribution >= 0.6 is 15.9 Å². The lowest BCUT2D eigenvalue weighted by Crippen LogP contribution is -2.48. The van der Waals surface area contributed by atoms with E-state index in [1.54, 1.807) is 11.8 Å². The molecule has 0 saturated carbocycles. The summed E-state index contributed by atoms with van der Waals surface area (Å²) in [6, 6.07) is 7.35. The Kier molecular flexibility index (Phi) is 8.31. The van der Waals surface area contributed by atoms with Gasteiger partial charge in [0.1, 0.15) is 6.04 Å². The van der Waals surface area contributed by atoms with E-state index in [1.807, 2.05) is 45.0 Å². The number of carbonyl (C=O) groups is 2. The van der Waals surface area contributed by atoms with Gasteiger partial charge in [-0.2, -0.15) is 0 Å². The third-order valence-electron chi connectivity index (χ3n) is 3.58. The van der Waals surface area contributed by atoms with Crippen molar-refractivity contribution in [1.29, 1.82) is 0 Å². The molecule has 0 radical (unpaired) electrons. The molecule has 5 heteroatoms. The monoisotopic (exact) mass is 382 g/mol. The summed E-state index contributed by atoms with van der Waals surface area (Å²) in [5.41, 5.74) is 1.01. The van der Waals surface area contributed by atoms with Gasteiger partial charge >= 0.3 is 0 Å². The molecule has 1 aromatic rings. The van der Waals surface area contributed by atoms with E-state index in [0.29, 0.717) is 25.4 Å². The summed E-state index contributed by atoms with van der Waals surface area (Å²) in [7, 11) is 0. The lowest BCUT2D eigenvalue weighted by molar-refractivity contribution is -0.140. The molecule has 1 atom stereocenters. The molecule has 23 heavy (non-hydrogen) atoms. The Morgan fingerprint density at radius 3 is 2.30 bits per heavy atom. The van der Waals surface area contributed by atoms with Crippen LogP contribution in [0.25, 0.3) is 0 Å². The van der Waals surface area contributed by atoms with Crippen LogP contribution in [-0.4, -0.2) is 29.3 Å². The number of nitrogens with zero attached hydrogens (tertiary/aromatic N) is 1. The molecule has 0 saturated heterocycles. The zero-order valence-corrected chi connectivity index (χ0v) is 16.0. The lowest BCUT2D eigenvalue weighted by Gasteiger charge is -2.29. The van der Waals surface area contributed by atoms with Crippen molar-refractivity contribution in [1.82, 2.24) is 10.2 Å². The Morgan fingerprint density at radius 2 is 1.78 bits per heavy atom. The van der Waals surface area contributed by atoms with Gasteiger partial charge in [-0.3, -0.25) is 9.59 Å². The molecule has 128 valence electrons. The molecule has 0 aliphatic heterocycles. The average Bonchev–Trinajstić information content (AvgIpc) is 2.51. The summed E-state index contributed by atoms with van der Waals surface area (Å²) in [5, 5.41) is 2.91. The summed E-state index contributed by atoms with van der Waals surface area (Å²) in [5.74, 6) is 0.306. The lowest BCUT2D eigenvalue weighted by atomic mass is 10.1. The molecule has 4 nitrogen and oxygen atoms in total. The second-order valence-electron chi connectivity index (χ2n) is 6.21. The first kappa shape index (κ1) is 19.7. The molecule has 1 aromatic carbocycles. The van der Waals surface area contributed by atoms with Crippen LogP contribution in [0.3, 0.4) is 0 Å². The predicted octanol–water partition coefficient (Wildman–Crippen LogP) is 3.74. The highest BCUT2D eigenvalue weighted by atomic mass is 79.9. The second kappa shape index (κ2) is 9.71. The fourth-order valence-electron chi connectivity index (χ4n) is 2.18. The first-order valence-corrected chi connectivity index (χ1v) is 8.96. The van der Waals surface area contributed by atoms with E-state index >= 15 is 0 Å². The van der Waals surface area contributed by atoms with E-state index in [1.165, 1.54) is 0 Å². The Morgan fingerprint density at radius 1 is 1.17 bits per heavy atom. The van der Waals surface area contributed by atoms with Crippen LogP contribution < -0.4 is 5.32 Å². The van der Waals surface area contributed by atoms with Gasteiger partial charge < -0.3 is 10.2 Å². The van der Waals surface area contributed by atoms with Crippen molar-refractivity contribution in [3.05, 3.63) is 34.3 Å². The zero-order valence-electron chi connectivity index (χ0n) is 14.4. The highest BCUT2D eigenvalue weighted by Gasteiger charge is 2.25. The molecule has 0 aliphatic rings. The summed E-state index contributed by atoms with van der Waals surface area (Å²) < 4.78 is 0.996. The topological polar surface area (TPSA) is 49.4 Å². The van der Waals surface area contributed by atoms with Crippen molar-refractivity contribution >= 4 is 27.7 Å². The quantitative estimate of drug-likeness (QED) is 0.744. The van der Waals surface area contributed by atoms with Gasteiger partial charge in [0.2, 0.25) is 11.8 Å². The van der Waals surface area contributed by atoms with E-state index in [-0.39, 0.29) is 11.8 Å². The van der Waals surface area contributed by atoms with Crippen molar-refractivity contribution in [2.24, 2.45) is 5.92 Å². The van der Waals surface area contributed by atoms with Crippen molar-refractivity contribution in [2.45, 2.75) is 53.1 Å². The van der Waals surface area contributed by atoms with Crippen LogP contribution in [0.5, 0.6) is 0 Å². The van der Waals surface area contributed by atoms with Gasteiger partial charge in [-0.25, -0.2) is 0 Å². The standard InChI is InChI=1S/C18H27BrN2O2/c1-5-6-17(22)21(12-15-7-9-16(19)10-8-15)14(4)18(23)20-11-13(2)3/h7-10,13-14H,5-6,11-12H2,1-4H3,(H,20,23)/t14-/m0/s1. The number of carbonyl (C=O) groups excluding carboxylic acids is 2. The summed E-state index contributed by atoms with van der Waals surface area (Å²) in [6.07, 6.45) is 1.23. The Bertz CT molecular complexity index is 514. The van der Waals surface area contributed by atoms with Gasteiger partial charge in [0, 0.05) is 24.0 Å². The van der Waals surface area contributed by atoms with Crippen molar-refractivity contribution in [2.75, 3.05) is 6.54 Å². The molecule has 0 aliphatic carbocycles. The highest BCUT2D eigenvalue weighted by molar-refractivity contribution is 9.10. The fourth-order valence-corrected chi connectivity index (χ4v) is 2.44. The first-order valence-electron chi connectivity index (χ1n) is 8.16. The van der Waals surface area contributed by atoms with Crippen LogP contribution in [0.15, 0.2) is 28.7 Å². The summed E-state index contributed by atoms with van der Waals surface area (Å²) >= 11 is 3.41. The minimum atomic E-state index is -0.476. The number of amides is 2. The minimum Gasteiger partial charge on any atom is -0.354 e. The summed E-state index contributed by atoms with van der Waals surface area (Å²) in [4.78, 5) is 26.4. The zero-order chi connectivity index (χ0) is 17.4. The Balaban J connectivity index is 2.84. The van der Waals surface area contributed by atoms with Crippen LogP contribution in [0, 0.1) is 5.92 Å². The number of benzene rings is 1. The third-order valence-corrected chi connectivity index (χ3v) is 4.11. The van der Waals surface area contributed by atoms with E-state index < -0.39 is 6.04 Å². The molecular formula is C18H27BrN2O2. The second-order valence-corrected chi connectivity index (χ2v) is 7.13. The van der Waals surface area contributed by atoms with Gasteiger partial charge in [0.25, 0.3) is 0 Å². The van der Waals surface area contributed by atoms with Crippen molar-refractivity contribution in [3.8, 4) is 0 Å². The Hall–Kier alpha value is -1.36. The SMILES string of the molecule is CCCC(=O)N(Cc1ccc(Br)cc1)[C@@H](C)C(=O)NCC(C)C. The van der Waals surface area contributed by atoms with E-state index in [0.717, 1.165) is 16.5 Å². The highest BCUT2D eigenvalue weighted by Crippen LogP contribution is 2.15. The largest absolute Gasteiger partial charge is 0.354 e. The number of hydrogen-bond donors (Lipinski definition) is 1. The maximum Gasteiger partial charge on any atom is 0.242 e. The molecule has 0 fully saturated rings. The van der Waals surface area contributed by atoms with Crippen molar-refractivity contribution < 1.29 is 9.59 Å². The molecule has 2 amide bonds. The maximum absolute atomic E-state index is 12.4. The number of hydrogen-bond acceptors (Lipinski definition) is 2. The fraction of sp³-hybridized carbons (Fsp3) is 0.556. The Labute approximate surface area is 147 Å². The van der Waals surface area contributed by atoms with Gasteiger partial charge in [-0.15, -0.1) is 0 Å². The van der Waals surface area contributed by atoms with Gasteiger partial charge in [0.05, 0.1) is 0 Å². The molecule has 0 spiro atoms. The minimum absolute atomic E-state index is 0.0163. The van der Waals surface area contributed by atoms with Crippen LogP contribution in [0.1, 0.15) is 46.1 Å². The molecule has 1 rings (SSSR count). The van der Waals surface area contributed by atoms with Gasteiger partial charge in [0.15, 0.2) is 0 Å². The smallest absolute Gasteiger partial charge is 0.242 e. The van der Waals surface area contributed by atoms with Crippen LogP contribution in [-0.2, 0) is 16.1 Å². The maximum atomic E-state index is 12.4. The van der Waals surface area contributed by atoms with Gasteiger partial charge in [-0.05, 0) is 37.0 Å². The predicted molar refractivity (Wildman–Crippen MR) is 96.9 cm³/mol. The molecule has 0 aromatic heterocycles. The molecule has 0 heterocycles. The molecule has 0 unspecified atom stereocenters. The first-order chi connectivity index (χ1) is 10.8. The van der Waals surface area contributed by atoms with Crippen LogP contribution in [0.2, 0.25) is 0 Å². The number of rotatable bonds is 8. The molecular weight excluding hydrogens is 356 g/mol. The van der Waals surface area contributed by atoms with E-state index in [2.05, 4.69) is 21.2 Å². The molecule has 0 bridgehead atoms. The molecule has 1 N–H and O–H groups in total. The normalized spacial score (nSPS) is 12.1. The van der Waals surface area contributed by atoms with Crippen LogP contribution in [0.4, 0.5) is 0 Å².